The van der Waals surface area contributed by atoms with Gasteiger partial charge in [0.05, 0.1) is 23.4 Å². The fourth-order valence-corrected chi connectivity index (χ4v) is 6.98. The van der Waals surface area contributed by atoms with E-state index in [2.05, 4.69) is 49.1 Å². The SMILES string of the molecule is CCC(C)n1ncn(-c2ccc(N3CCN(c4ccc(OC[C@@H]5CO[C@@](Cc6cncnc6)(c6ccc(Cl)cc6Cl)O5)cc4)CC3)cc2)c1=O. The zero-order valence-electron chi connectivity index (χ0n) is 28.0. The highest BCUT2D eigenvalue weighted by molar-refractivity contribution is 6.35. The zero-order chi connectivity index (χ0) is 34.7. The van der Waals surface area contributed by atoms with Crippen LogP contribution in [0.2, 0.25) is 10.0 Å². The Morgan fingerprint density at radius 3 is 2.20 bits per heavy atom. The van der Waals surface area contributed by atoms with Gasteiger partial charge < -0.3 is 24.0 Å². The van der Waals surface area contributed by atoms with Crippen LogP contribution < -0.4 is 20.2 Å². The second kappa shape index (κ2) is 14.8. The van der Waals surface area contributed by atoms with Gasteiger partial charge >= 0.3 is 5.69 Å². The lowest BCUT2D eigenvalue weighted by Gasteiger charge is -2.37. The van der Waals surface area contributed by atoms with Crippen molar-refractivity contribution in [1.82, 2.24) is 24.3 Å². The Balaban J connectivity index is 0.930. The van der Waals surface area contributed by atoms with Crippen molar-refractivity contribution in [3.63, 3.8) is 0 Å². The molecule has 1 unspecified atom stereocenters. The van der Waals surface area contributed by atoms with E-state index in [1.807, 2.05) is 44.2 Å². The molecule has 0 radical (unpaired) electrons. The summed E-state index contributed by atoms with van der Waals surface area (Å²) in [6, 6.07) is 21.7. The molecule has 0 bridgehead atoms. The molecule has 4 heterocycles. The number of hydrogen-bond donors (Lipinski definition) is 0. The van der Waals surface area contributed by atoms with Crippen LogP contribution in [0.3, 0.4) is 0 Å². The molecule has 260 valence electrons. The molecule has 0 amide bonds. The number of halogens is 2. The molecule has 0 saturated carbocycles. The predicted molar refractivity (Wildman–Crippen MR) is 194 cm³/mol. The number of piperazine rings is 1. The molecule has 7 rings (SSSR count). The Bertz CT molecular complexity index is 1950. The minimum Gasteiger partial charge on any atom is -0.491 e. The average molecular weight is 717 g/mol. The summed E-state index contributed by atoms with van der Waals surface area (Å²) in [6.45, 7) is 8.24. The number of benzene rings is 3. The van der Waals surface area contributed by atoms with Gasteiger partial charge in [0.25, 0.3) is 0 Å². The van der Waals surface area contributed by atoms with Crippen molar-refractivity contribution < 1.29 is 14.2 Å². The highest BCUT2D eigenvalue weighted by Gasteiger charge is 2.45. The first kappa shape index (κ1) is 34.0. The summed E-state index contributed by atoms with van der Waals surface area (Å²) in [4.78, 5) is 25.8. The van der Waals surface area contributed by atoms with E-state index < -0.39 is 5.79 Å². The predicted octanol–water partition coefficient (Wildman–Crippen LogP) is 6.32. The van der Waals surface area contributed by atoms with Gasteiger partial charge in [-0.25, -0.2) is 24.0 Å². The zero-order valence-corrected chi connectivity index (χ0v) is 29.5. The monoisotopic (exact) mass is 715 g/mol. The summed E-state index contributed by atoms with van der Waals surface area (Å²) >= 11 is 12.8. The molecule has 2 fully saturated rings. The maximum absolute atomic E-state index is 12.8. The van der Waals surface area contributed by atoms with E-state index in [4.69, 9.17) is 37.4 Å². The second-order valence-corrected chi connectivity index (χ2v) is 13.5. The molecule has 13 heteroatoms. The van der Waals surface area contributed by atoms with Crippen molar-refractivity contribution in [2.45, 2.75) is 44.6 Å². The lowest BCUT2D eigenvalue weighted by atomic mass is 9.99. The van der Waals surface area contributed by atoms with Crippen LogP contribution in [0.1, 0.15) is 37.4 Å². The Hall–Kier alpha value is -4.42. The lowest BCUT2D eigenvalue weighted by Crippen LogP contribution is -2.46. The van der Waals surface area contributed by atoms with Gasteiger partial charge in [0.15, 0.2) is 0 Å². The molecule has 2 aliphatic heterocycles. The summed E-state index contributed by atoms with van der Waals surface area (Å²) in [6.07, 6.45) is 7.47. The van der Waals surface area contributed by atoms with E-state index in [0.29, 0.717) is 35.2 Å². The number of hydrogen-bond acceptors (Lipinski definition) is 9. The first-order valence-corrected chi connectivity index (χ1v) is 17.6. The topological polar surface area (TPSA) is 99.8 Å². The second-order valence-electron chi connectivity index (χ2n) is 12.6. The first-order chi connectivity index (χ1) is 24.3. The van der Waals surface area contributed by atoms with Crippen molar-refractivity contribution in [3.05, 3.63) is 123 Å². The Kier molecular flexibility index (Phi) is 10.1. The van der Waals surface area contributed by atoms with Gasteiger partial charge in [-0.05, 0) is 79.6 Å². The fourth-order valence-electron chi connectivity index (χ4n) is 6.42. The molecule has 0 spiro atoms. The van der Waals surface area contributed by atoms with E-state index in [0.717, 1.165) is 61.0 Å². The van der Waals surface area contributed by atoms with Gasteiger partial charge in [-0.1, -0.05) is 36.2 Å². The third-order valence-electron chi connectivity index (χ3n) is 9.36. The highest BCUT2D eigenvalue weighted by Crippen LogP contribution is 2.41. The first-order valence-electron chi connectivity index (χ1n) is 16.8. The van der Waals surface area contributed by atoms with E-state index in [9.17, 15) is 4.79 Å². The lowest BCUT2D eigenvalue weighted by molar-refractivity contribution is -0.178. The van der Waals surface area contributed by atoms with Gasteiger partial charge in [0.2, 0.25) is 5.79 Å². The van der Waals surface area contributed by atoms with Crippen molar-refractivity contribution >= 4 is 34.6 Å². The molecule has 2 saturated heterocycles. The quantitative estimate of drug-likeness (QED) is 0.156. The Labute approximate surface area is 300 Å². The maximum atomic E-state index is 12.8. The summed E-state index contributed by atoms with van der Waals surface area (Å²) in [5, 5.41) is 5.30. The summed E-state index contributed by atoms with van der Waals surface area (Å²) in [5.41, 5.74) is 4.53. The van der Waals surface area contributed by atoms with Crippen molar-refractivity contribution in [3.8, 4) is 11.4 Å². The van der Waals surface area contributed by atoms with Gasteiger partial charge in [0, 0.05) is 67.0 Å². The van der Waals surface area contributed by atoms with Crippen LogP contribution in [-0.2, 0) is 21.7 Å². The molecule has 5 aromatic rings. The normalized spacial score (nSPS) is 19.9. The number of nitrogens with zero attached hydrogens (tertiary/aromatic N) is 7. The minimum atomic E-state index is -1.12. The fraction of sp³-hybridized carbons (Fsp3) is 0.351. The van der Waals surface area contributed by atoms with Crippen molar-refractivity contribution in [2.75, 3.05) is 49.2 Å². The maximum Gasteiger partial charge on any atom is 0.350 e. The third kappa shape index (κ3) is 7.22. The Morgan fingerprint density at radius 2 is 1.56 bits per heavy atom. The number of anilines is 2. The molecular weight excluding hydrogens is 677 g/mol. The smallest absolute Gasteiger partial charge is 0.350 e. The Morgan fingerprint density at radius 1 is 0.920 bits per heavy atom. The molecule has 2 aromatic heterocycles. The van der Waals surface area contributed by atoms with Gasteiger partial charge in [-0.3, -0.25) is 0 Å². The number of aromatic nitrogens is 5. The largest absolute Gasteiger partial charge is 0.491 e. The molecule has 0 aliphatic carbocycles. The molecule has 3 aromatic carbocycles. The summed E-state index contributed by atoms with van der Waals surface area (Å²) in [7, 11) is 0. The van der Waals surface area contributed by atoms with Gasteiger partial charge in [-0.2, -0.15) is 5.10 Å². The van der Waals surface area contributed by atoms with Crippen LogP contribution in [0.15, 0.2) is 96.6 Å². The van der Waals surface area contributed by atoms with E-state index in [-0.39, 0.29) is 17.8 Å². The van der Waals surface area contributed by atoms with Crippen molar-refractivity contribution in [1.29, 1.82) is 0 Å². The number of rotatable bonds is 11. The standard InChI is InChI=1S/C37H39Cl2N7O4/c1-3-26(2)46-36(47)45(25-42-46)31-7-5-29(6-8-31)43-14-16-44(17-15-43)30-9-11-32(12-10-30)48-22-33-23-49-37(50-33,19-27-20-40-24-41-21-27)34-13-4-28(38)18-35(34)39/h4-13,18,20-21,24-26,33H,3,14-17,19,22-23H2,1-2H3/t26?,33-,37-/m1/s1. The molecule has 3 atom stereocenters. The van der Waals surface area contributed by atoms with Crippen LogP contribution in [-0.4, -0.2) is 69.8 Å². The van der Waals surface area contributed by atoms with E-state index >= 15 is 0 Å². The van der Waals surface area contributed by atoms with E-state index in [1.165, 1.54) is 6.33 Å². The van der Waals surface area contributed by atoms with Gasteiger partial charge in [0.1, 0.15) is 31.1 Å². The highest BCUT2D eigenvalue weighted by atomic mass is 35.5. The molecular formula is C37H39Cl2N7O4. The third-order valence-corrected chi connectivity index (χ3v) is 9.91. The molecule has 0 N–H and O–H groups in total. The van der Waals surface area contributed by atoms with Crippen LogP contribution in [0, 0.1) is 0 Å². The average Bonchev–Trinajstić information content (AvgIpc) is 3.74. The summed E-state index contributed by atoms with van der Waals surface area (Å²) in [5.74, 6) is -0.367. The molecule has 11 nitrogen and oxygen atoms in total. The van der Waals surface area contributed by atoms with Crippen molar-refractivity contribution in [2.24, 2.45) is 0 Å². The summed E-state index contributed by atoms with van der Waals surface area (Å²) < 4.78 is 22.2. The molecule has 2 aliphatic rings. The van der Waals surface area contributed by atoms with Crippen LogP contribution in [0.5, 0.6) is 5.75 Å². The van der Waals surface area contributed by atoms with Gasteiger partial charge in [-0.15, -0.1) is 0 Å². The minimum absolute atomic E-state index is 0.0643. The van der Waals surface area contributed by atoms with Crippen LogP contribution in [0.25, 0.3) is 5.69 Å². The van der Waals surface area contributed by atoms with E-state index in [1.54, 1.807) is 40.1 Å². The van der Waals surface area contributed by atoms with Crippen LogP contribution in [0.4, 0.5) is 11.4 Å². The number of ether oxygens (including phenoxy) is 3. The molecule has 50 heavy (non-hydrogen) atoms. The van der Waals surface area contributed by atoms with Crippen LogP contribution >= 0.6 is 23.2 Å².